The topological polar surface area (TPSA) is 66.4 Å². The molecule has 0 amide bonds. The highest BCUT2D eigenvalue weighted by atomic mass is 32.2. The van der Waals surface area contributed by atoms with Gasteiger partial charge in [0.15, 0.2) is 0 Å². The lowest BCUT2D eigenvalue weighted by Gasteiger charge is -2.22. The second-order valence-corrected chi connectivity index (χ2v) is 7.62. The largest absolute Gasteiger partial charge is 0.384 e. The van der Waals surface area contributed by atoms with Crippen molar-refractivity contribution in [3.63, 3.8) is 0 Å². The second-order valence-electron chi connectivity index (χ2n) is 5.07. The maximum absolute atomic E-state index is 13.3. The molecule has 1 heterocycles. The van der Waals surface area contributed by atoms with Crippen LogP contribution in [0.25, 0.3) is 0 Å². The van der Waals surface area contributed by atoms with E-state index >= 15 is 0 Å². The van der Waals surface area contributed by atoms with Crippen LogP contribution in [-0.4, -0.2) is 20.1 Å². The number of hydrogen-bond acceptors (Lipinski definition) is 4. The number of nitrogens with one attached hydrogen (secondary N) is 1. The van der Waals surface area contributed by atoms with Gasteiger partial charge in [-0.25, -0.2) is 17.5 Å². The minimum Gasteiger partial charge on any atom is -0.384 e. The second kappa shape index (κ2) is 5.84. The number of benzene rings is 1. The van der Waals surface area contributed by atoms with E-state index in [4.69, 9.17) is 0 Å². The van der Waals surface area contributed by atoms with Crippen LogP contribution < -0.4 is 4.72 Å². The predicted octanol–water partition coefficient (Wildman–Crippen LogP) is 2.38. The van der Waals surface area contributed by atoms with Crippen LogP contribution in [0.4, 0.5) is 4.39 Å². The van der Waals surface area contributed by atoms with Crippen LogP contribution in [0.1, 0.15) is 18.1 Å². The van der Waals surface area contributed by atoms with Gasteiger partial charge in [-0.05, 0) is 60.0 Å². The fourth-order valence-corrected chi connectivity index (χ4v) is 3.88. The van der Waals surface area contributed by atoms with Crippen LogP contribution >= 0.6 is 11.3 Å². The molecule has 7 heteroatoms. The summed E-state index contributed by atoms with van der Waals surface area (Å²) in [4.78, 5) is -0.152. The molecule has 4 nitrogen and oxygen atoms in total. The van der Waals surface area contributed by atoms with E-state index in [0.29, 0.717) is 11.1 Å². The van der Waals surface area contributed by atoms with Crippen LogP contribution in [0, 0.1) is 12.7 Å². The summed E-state index contributed by atoms with van der Waals surface area (Å²) >= 11 is 1.41. The summed E-state index contributed by atoms with van der Waals surface area (Å²) in [7, 11) is -3.88. The molecule has 0 bridgehead atoms. The first-order valence-corrected chi connectivity index (χ1v) is 8.65. The third-order valence-electron chi connectivity index (χ3n) is 3.08. The number of rotatable bonds is 5. The minimum atomic E-state index is -3.88. The van der Waals surface area contributed by atoms with Gasteiger partial charge in [-0.15, -0.1) is 0 Å². The molecule has 0 aliphatic rings. The standard InChI is InChI=1S/C14H16FNO3S2/c1-10-5-12(15)7-13(6-10)21(18,19)16-9-14(2,17)11-3-4-20-8-11/h3-8,16-17H,9H2,1-2H3/t14-/m0/s1. The Kier molecular flexibility index (Phi) is 4.48. The normalized spacial score (nSPS) is 14.9. The fraction of sp³-hybridized carbons (Fsp3) is 0.286. The molecule has 2 aromatic rings. The molecule has 114 valence electrons. The lowest BCUT2D eigenvalue weighted by atomic mass is 10.0. The lowest BCUT2D eigenvalue weighted by Crippen LogP contribution is -2.38. The molecule has 1 atom stereocenters. The quantitative estimate of drug-likeness (QED) is 0.885. The Labute approximate surface area is 127 Å². The summed E-state index contributed by atoms with van der Waals surface area (Å²) in [6.07, 6.45) is 0. The molecule has 0 radical (unpaired) electrons. The molecule has 0 aliphatic heterocycles. The number of aliphatic hydroxyl groups is 1. The molecule has 0 unspecified atom stereocenters. The van der Waals surface area contributed by atoms with Crippen molar-refractivity contribution in [1.82, 2.24) is 4.72 Å². The zero-order valence-corrected chi connectivity index (χ0v) is 13.3. The van der Waals surface area contributed by atoms with Crippen LogP contribution in [-0.2, 0) is 15.6 Å². The van der Waals surface area contributed by atoms with E-state index in [1.807, 2.05) is 0 Å². The van der Waals surface area contributed by atoms with E-state index in [1.165, 1.54) is 30.4 Å². The van der Waals surface area contributed by atoms with Gasteiger partial charge in [0.05, 0.1) is 4.90 Å². The predicted molar refractivity (Wildman–Crippen MR) is 80.2 cm³/mol. The fourth-order valence-electron chi connectivity index (χ4n) is 1.85. The Hall–Kier alpha value is -1.28. The zero-order chi connectivity index (χ0) is 15.7. The molecule has 0 aliphatic carbocycles. The van der Waals surface area contributed by atoms with E-state index in [1.54, 1.807) is 23.8 Å². The van der Waals surface area contributed by atoms with Crippen molar-refractivity contribution >= 4 is 21.4 Å². The molecule has 2 N–H and O–H groups in total. The summed E-state index contributed by atoms with van der Waals surface area (Å²) in [6, 6.07) is 5.31. The third-order valence-corrected chi connectivity index (χ3v) is 5.14. The van der Waals surface area contributed by atoms with E-state index in [2.05, 4.69) is 4.72 Å². The maximum Gasteiger partial charge on any atom is 0.240 e. The number of halogens is 1. The molecule has 0 spiro atoms. The monoisotopic (exact) mass is 329 g/mol. The van der Waals surface area contributed by atoms with Gasteiger partial charge < -0.3 is 5.11 Å². The van der Waals surface area contributed by atoms with Gasteiger partial charge in [0.2, 0.25) is 10.0 Å². The first-order valence-electron chi connectivity index (χ1n) is 6.23. The summed E-state index contributed by atoms with van der Waals surface area (Å²) in [6.45, 7) is 2.94. The Morgan fingerprint density at radius 3 is 2.67 bits per heavy atom. The first kappa shape index (κ1) is 16.1. The average Bonchev–Trinajstić information content (AvgIpc) is 2.90. The summed E-state index contributed by atoms with van der Waals surface area (Å²) in [5.41, 5.74) is -0.180. The number of hydrogen-bond donors (Lipinski definition) is 2. The highest BCUT2D eigenvalue weighted by molar-refractivity contribution is 7.89. The first-order chi connectivity index (χ1) is 9.71. The van der Waals surface area contributed by atoms with Gasteiger partial charge in [0, 0.05) is 6.54 Å². The van der Waals surface area contributed by atoms with Crippen LogP contribution in [0.15, 0.2) is 39.9 Å². The molecule has 0 saturated heterocycles. The number of thiophene rings is 1. The van der Waals surface area contributed by atoms with Crippen LogP contribution in [0.2, 0.25) is 0 Å². The highest BCUT2D eigenvalue weighted by Crippen LogP contribution is 2.23. The van der Waals surface area contributed by atoms with Crippen molar-refractivity contribution in [3.8, 4) is 0 Å². The van der Waals surface area contributed by atoms with Gasteiger partial charge >= 0.3 is 0 Å². The average molecular weight is 329 g/mol. The minimum absolute atomic E-state index is 0.152. The van der Waals surface area contributed by atoms with E-state index in [-0.39, 0.29) is 11.4 Å². The van der Waals surface area contributed by atoms with Crippen molar-refractivity contribution in [2.75, 3.05) is 6.54 Å². The van der Waals surface area contributed by atoms with Gasteiger partial charge in [0.1, 0.15) is 11.4 Å². The molecular weight excluding hydrogens is 313 g/mol. The van der Waals surface area contributed by atoms with Gasteiger partial charge in [0.25, 0.3) is 0 Å². The molecular formula is C14H16FNO3S2. The Morgan fingerprint density at radius 2 is 2.10 bits per heavy atom. The van der Waals surface area contributed by atoms with Gasteiger partial charge in [-0.1, -0.05) is 0 Å². The molecule has 0 saturated carbocycles. The highest BCUT2D eigenvalue weighted by Gasteiger charge is 2.26. The molecule has 0 fully saturated rings. The molecule has 2 rings (SSSR count). The molecule has 1 aromatic carbocycles. The number of aryl methyl sites for hydroxylation is 1. The van der Waals surface area contributed by atoms with Gasteiger partial charge in [-0.3, -0.25) is 0 Å². The summed E-state index contributed by atoms with van der Waals surface area (Å²) in [5.74, 6) is -0.611. The van der Waals surface area contributed by atoms with Crippen molar-refractivity contribution in [2.45, 2.75) is 24.3 Å². The Balaban J connectivity index is 2.18. The lowest BCUT2D eigenvalue weighted by molar-refractivity contribution is 0.0632. The Morgan fingerprint density at radius 1 is 1.38 bits per heavy atom. The molecule has 1 aromatic heterocycles. The van der Waals surface area contributed by atoms with Crippen molar-refractivity contribution in [2.24, 2.45) is 0 Å². The maximum atomic E-state index is 13.3. The number of sulfonamides is 1. The third kappa shape index (κ3) is 3.88. The summed E-state index contributed by atoms with van der Waals surface area (Å²) < 4.78 is 40.0. The van der Waals surface area contributed by atoms with Crippen molar-refractivity contribution in [1.29, 1.82) is 0 Å². The van der Waals surface area contributed by atoms with Crippen LogP contribution in [0.5, 0.6) is 0 Å². The molecule has 21 heavy (non-hydrogen) atoms. The van der Waals surface area contributed by atoms with Crippen LogP contribution in [0.3, 0.4) is 0 Å². The van der Waals surface area contributed by atoms with Gasteiger partial charge in [-0.2, -0.15) is 11.3 Å². The zero-order valence-electron chi connectivity index (χ0n) is 11.6. The SMILES string of the molecule is Cc1cc(F)cc(S(=O)(=O)NC[C@](C)(O)c2ccsc2)c1. The van der Waals surface area contributed by atoms with Crippen molar-refractivity contribution < 1.29 is 17.9 Å². The summed E-state index contributed by atoms with van der Waals surface area (Å²) in [5, 5.41) is 13.9. The Bertz CT molecular complexity index is 704. The van der Waals surface area contributed by atoms with E-state index < -0.39 is 21.4 Å². The van der Waals surface area contributed by atoms with Crippen molar-refractivity contribution in [3.05, 3.63) is 52.0 Å². The van der Waals surface area contributed by atoms with E-state index in [0.717, 1.165) is 6.07 Å². The smallest absolute Gasteiger partial charge is 0.240 e. The van der Waals surface area contributed by atoms with E-state index in [9.17, 15) is 17.9 Å².